The van der Waals surface area contributed by atoms with Crippen LogP contribution in [0.2, 0.25) is 0 Å². The summed E-state index contributed by atoms with van der Waals surface area (Å²) in [6, 6.07) is 9.74. The second-order valence-corrected chi connectivity index (χ2v) is 6.69. The smallest absolute Gasteiger partial charge is 0.272 e. The monoisotopic (exact) mass is 356 g/mol. The molecule has 104 valence electrons. The number of rotatable bonds is 3. The van der Waals surface area contributed by atoms with E-state index < -0.39 is 14.8 Å². The zero-order valence-corrected chi connectivity index (χ0v) is 12.4. The molecule has 8 heteroatoms. The SMILES string of the molecule is Nc1c(Br)cc([N+](=O)[O-])cc1S(=O)(=O)c1ccccc1. The highest BCUT2D eigenvalue weighted by Gasteiger charge is 2.25. The van der Waals surface area contributed by atoms with Crippen molar-refractivity contribution in [2.45, 2.75) is 9.79 Å². The van der Waals surface area contributed by atoms with Gasteiger partial charge in [-0.25, -0.2) is 8.42 Å². The predicted octanol–water partition coefficient (Wildman–Crippen LogP) is 2.77. The normalized spacial score (nSPS) is 11.2. The van der Waals surface area contributed by atoms with Gasteiger partial charge < -0.3 is 5.73 Å². The van der Waals surface area contributed by atoms with E-state index in [2.05, 4.69) is 15.9 Å². The van der Waals surface area contributed by atoms with E-state index in [0.29, 0.717) is 0 Å². The Hall–Kier alpha value is -1.93. The van der Waals surface area contributed by atoms with Crippen molar-refractivity contribution in [1.82, 2.24) is 0 Å². The highest BCUT2D eigenvalue weighted by molar-refractivity contribution is 9.10. The van der Waals surface area contributed by atoms with E-state index >= 15 is 0 Å². The van der Waals surface area contributed by atoms with Gasteiger partial charge in [0.25, 0.3) is 5.69 Å². The van der Waals surface area contributed by atoms with Crippen molar-refractivity contribution in [3.63, 3.8) is 0 Å². The van der Waals surface area contributed by atoms with Crippen LogP contribution in [0.3, 0.4) is 0 Å². The number of hydrogen-bond acceptors (Lipinski definition) is 5. The molecule has 0 unspecified atom stereocenters. The molecule has 0 bridgehead atoms. The molecular formula is C12H9BrN2O4S. The molecule has 0 aliphatic rings. The first-order chi connectivity index (χ1) is 9.34. The van der Waals surface area contributed by atoms with Crippen LogP contribution in [0.15, 0.2) is 56.7 Å². The number of nitro groups is 1. The van der Waals surface area contributed by atoms with E-state index in [9.17, 15) is 18.5 Å². The van der Waals surface area contributed by atoms with Crippen LogP contribution < -0.4 is 5.73 Å². The molecule has 2 rings (SSSR count). The molecule has 2 aromatic carbocycles. The third kappa shape index (κ3) is 2.52. The van der Waals surface area contributed by atoms with Crippen LogP contribution in [0.4, 0.5) is 11.4 Å². The van der Waals surface area contributed by atoms with E-state index in [-0.39, 0.29) is 25.6 Å². The summed E-state index contributed by atoms with van der Waals surface area (Å²) in [7, 11) is -3.91. The minimum atomic E-state index is -3.91. The summed E-state index contributed by atoms with van der Waals surface area (Å²) in [6.07, 6.45) is 0. The van der Waals surface area contributed by atoms with Gasteiger partial charge in [0.05, 0.1) is 15.5 Å². The van der Waals surface area contributed by atoms with E-state index in [0.717, 1.165) is 6.07 Å². The first-order valence-electron chi connectivity index (χ1n) is 5.37. The molecule has 0 aliphatic heterocycles. The van der Waals surface area contributed by atoms with Gasteiger partial charge in [-0.05, 0) is 28.1 Å². The Morgan fingerprint density at radius 1 is 1.15 bits per heavy atom. The summed E-state index contributed by atoms with van der Waals surface area (Å²) < 4.78 is 25.1. The van der Waals surface area contributed by atoms with Gasteiger partial charge in [0.15, 0.2) is 0 Å². The number of nitro benzene ring substituents is 1. The van der Waals surface area contributed by atoms with Gasteiger partial charge in [-0.1, -0.05) is 18.2 Å². The molecule has 0 atom stereocenters. The molecular weight excluding hydrogens is 348 g/mol. The average molecular weight is 357 g/mol. The van der Waals surface area contributed by atoms with Crippen molar-refractivity contribution in [1.29, 1.82) is 0 Å². The lowest BCUT2D eigenvalue weighted by Crippen LogP contribution is -2.07. The lowest BCUT2D eigenvalue weighted by molar-refractivity contribution is -0.385. The number of non-ortho nitro benzene ring substituents is 1. The maximum absolute atomic E-state index is 12.5. The average Bonchev–Trinajstić information content (AvgIpc) is 2.42. The van der Waals surface area contributed by atoms with Gasteiger partial charge >= 0.3 is 0 Å². The molecule has 20 heavy (non-hydrogen) atoms. The zero-order valence-electron chi connectivity index (χ0n) is 9.99. The summed E-state index contributed by atoms with van der Waals surface area (Å²) in [6.45, 7) is 0. The minimum absolute atomic E-state index is 0.0269. The van der Waals surface area contributed by atoms with Crippen LogP contribution in [0.1, 0.15) is 0 Å². The molecule has 0 fully saturated rings. The van der Waals surface area contributed by atoms with Gasteiger partial charge in [-0.3, -0.25) is 10.1 Å². The van der Waals surface area contributed by atoms with Crippen molar-refractivity contribution in [3.05, 3.63) is 57.1 Å². The van der Waals surface area contributed by atoms with Gasteiger partial charge in [0.1, 0.15) is 4.90 Å². The second-order valence-electron chi connectivity index (χ2n) is 3.91. The Bertz CT molecular complexity index is 776. The van der Waals surface area contributed by atoms with Crippen LogP contribution in [-0.2, 0) is 9.84 Å². The molecule has 0 amide bonds. The fourth-order valence-electron chi connectivity index (χ4n) is 1.63. The lowest BCUT2D eigenvalue weighted by atomic mass is 10.3. The molecule has 0 aromatic heterocycles. The Balaban J connectivity index is 2.72. The topological polar surface area (TPSA) is 103 Å². The molecule has 0 saturated heterocycles. The first kappa shape index (κ1) is 14.5. The summed E-state index contributed by atoms with van der Waals surface area (Å²) in [5.41, 5.74) is 5.32. The Morgan fingerprint density at radius 2 is 1.75 bits per heavy atom. The fraction of sp³-hybridized carbons (Fsp3) is 0. The third-order valence-corrected chi connectivity index (χ3v) is 5.10. The van der Waals surface area contributed by atoms with Gasteiger partial charge in [0.2, 0.25) is 9.84 Å². The van der Waals surface area contributed by atoms with E-state index in [1.807, 2.05) is 0 Å². The molecule has 6 nitrogen and oxygen atoms in total. The number of anilines is 1. The largest absolute Gasteiger partial charge is 0.397 e. The standard InChI is InChI=1S/C12H9BrN2O4S/c13-10-6-8(15(16)17)7-11(12(10)14)20(18,19)9-4-2-1-3-5-9/h1-7H,14H2. The number of hydrogen-bond donors (Lipinski definition) is 1. The fourth-order valence-corrected chi connectivity index (χ4v) is 3.66. The molecule has 0 radical (unpaired) electrons. The number of nitrogen functional groups attached to an aromatic ring is 1. The molecule has 0 aliphatic carbocycles. The summed E-state index contributed by atoms with van der Waals surface area (Å²) in [5.74, 6) is 0. The Labute approximate surface area is 123 Å². The number of benzene rings is 2. The molecule has 0 heterocycles. The summed E-state index contributed by atoms with van der Waals surface area (Å²) in [4.78, 5) is 9.90. The molecule has 0 saturated carbocycles. The van der Waals surface area contributed by atoms with Crippen LogP contribution in [-0.4, -0.2) is 13.3 Å². The van der Waals surface area contributed by atoms with E-state index in [1.54, 1.807) is 18.2 Å². The van der Waals surface area contributed by atoms with Gasteiger partial charge in [-0.2, -0.15) is 0 Å². The van der Waals surface area contributed by atoms with Gasteiger partial charge in [-0.15, -0.1) is 0 Å². The number of nitrogens with zero attached hydrogens (tertiary/aromatic N) is 1. The lowest BCUT2D eigenvalue weighted by Gasteiger charge is -2.09. The first-order valence-corrected chi connectivity index (χ1v) is 7.65. The Morgan fingerprint density at radius 3 is 2.30 bits per heavy atom. The van der Waals surface area contributed by atoms with Crippen LogP contribution in [0.25, 0.3) is 0 Å². The van der Waals surface area contributed by atoms with E-state index in [1.165, 1.54) is 18.2 Å². The number of sulfone groups is 1. The van der Waals surface area contributed by atoms with Gasteiger partial charge in [0, 0.05) is 16.6 Å². The predicted molar refractivity (Wildman–Crippen MR) is 77.1 cm³/mol. The van der Waals surface area contributed by atoms with Crippen molar-refractivity contribution in [2.24, 2.45) is 0 Å². The summed E-state index contributed by atoms with van der Waals surface area (Å²) >= 11 is 3.04. The highest BCUT2D eigenvalue weighted by atomic mass is 79.9. The Kier molecular flexibility index (Phi) is 3.78. The summed E-state index contributed by atoms with van der Waals surface area (Å²) in [5, 5.41) is 10.8. The zero-order chi connectivity index (χ0) is 14.9. The maximum atomic E-state index is 12.5. The van der Waals surface area contributed by atoms with E-state index in [4.69, 9.17) is 5.73 Å². The van der Waals surface area contributed by atoms with Crippen LogP contribution in [0, 0.1) is 10.1 Å². The number of nitrogens with two attached hydrogens (primary N) is 1. The second kappa shape index (κ2) is 5.22. The molecule has 2 N–H and O–H groups in total. The molecule has 0 spiro atoms. The van der Waals surface area contributed by atoms with Crippen molar-refractivity contribution >= 4 is 37.1 Å². The third-order valence-electron chi connectivity index (χ3n) is 2.63. The van der Waals surface area contributed by atoms with Crippen LogP contribution in [0.5, 0.6) is 0 Å². The van der Waals surface area contributed by atoms with Crippen LogP contribution >= 0.6 is 15.9 Å². The molecule has 2 aromatic rings. The van der Waals surface area contributed by atoms with Crippen molar-refractivity contribution in [2.75, 3.05) is 5.73 Å². The van der Waals surface area contributed by atoms with Crippen molar-refractivity contribution < 1.29 is 13.3 Å². The van der Waals surface area contributed by atoms with Crippen molar-refractivity contribution in [3.8, 4) is 0 Å². The minimum Gasteiger partial charge on any atom is -0.397 e. The number of halogens is 1. The maximum Gasteiger partial charge on any atom is 0.272 e. The highest BCUT2D eigenvalue weighted by Crippen LogP contribution is 2.35. The quantitative estimate of drug-likeness (QED) is 0.517.